The van der Waals surface area contributed by atoms with Crippen LogP contribution in [0.3, 0.4) is 0 Å². The van der Waals surface area contributed by atoms with Crippen LogP contribution in [0.5, 0.6) is 0 Å². The summed E-state index contributed by atoms with van der Waals surface area (Å²) in [5.74, 6) is 0. The maximum Gasteiger partial charge on any atom is 0.110 e. The Morgan fingerprint density at radius 3 is 2.84 bits per heavy atom. The Morgan fingerprint density at radius 2 is 2.16 bits per heavy atom. The van der Waals surface area contributed by atoms with Crippen LogP contribution in [-0.4, -0.2) is 6.04 Å². The highest BCUT2D eigenvalue weighted by Gasteiger charge is 2.20. The van der Waals surface area contributed by atoms with E-state index in [-0.39, 0.29) is 0 Å². The minimum absolute atomic E-state index is 0.671. The van der Waals surface area contributed by atoms with Crippen LogP contribution in [0, 0.1) is 11.3 Å². The topological polar surface area (TPSA) is 35.8 Å². The predicted molar refractivity (Wildman–Crippen MR) is 79.3 cm³/mol. The van der Waals surface area contributed by atoms with E-state index < -0.39 is 0 Å². The second-order valence-corrected chi connectivity index (χ2v) is 6.25. The van der Waals surface area contributed by atoms with Gasteiger partial charge in [-0.3, -0.25) is 0 Å². The molecule has 4 heteroatoms. The van der Waals surface area contributed by atoms with Gasteiger partial charge in [0, 0.05) is 22.5 Å². The molecule has 2 aromatic rings. The summed E-state index contributed by atoms with van der Waals surface area (Å²) in [4.78, 5) is 1.87. The second kappa shape index (κ2) is 5.34. The fourth-order valence-electron chi connectivity index (χ4n) is 2.03. The van der Waals surface area contributed by atoms with Crippen molar-refractivity contribution >= 4 is 22.9 Å². The van der Waals surface area contributed by atoms with Gasteiger partial charge in [0.05, 0.1) is 0 Å². The van der Waals surface area contributed by atoms with E-state index in [1.807, 2.05) is 30.3 Å². The van der Waals surface area contributed by atoms with Crippen molar-refractivity contribution in [2.24, 2.45) is 0 Å². The zero-order chi connectivity index (χ0) is 13.2. The van der Waals surface area contributed by atoms with E-state index in [1.54, 1.807) is 0 Å². The van der Waals surface area contributed by atoms with E-state index in [0.717, 1.165) is 21.3 Å². The van der Waals surface area contributed by atoms with Gasteiger partial charge in [-0.2, -0.15) is 5.26 Å². The van der Waals surface area contributed by atoms with Crippen molar-refractivity contribution in [2.45, 2.75) is 25.4 Å². The third-order valence-corrected chi connectivity index (χ3v) is 4.47. The lowest BCUT2D eigenvalue weighted by Crippen LogP contribution is -2.15. The lowest BCUT2D eigenvalue weighted by molar-refractivity contribution is 0.689. The van der Waals surface area contributed by atoms with Crippen LogP contribution < -0.4 is 5.32 Å². The summed E-state index contributed by atoms with van der Waals surface area (Å²) < 4.78 is 0. The Labute approximate surface area is 121 Å². The van der Waals surface area contributed by atoms with Crippen molar-refractivity contribution in [3.8, 4) is 16.5 Å². The smallest absolute Gasteiger partial charge is 0.110 e. The molecule has 1 N–H and O–H groups in total. The maximum absolute atomic E-state index is 8.92. The van der Waals surface area contributed by atoms with Crippen molar-refractivity contribution < 1.29 is 0 Å². The Kier molecular flexibility index (Phi) is 3.56. The third-order valence-electron chi connectivity index (χ3n) is 3.21. The molecule has 0 saturated heterocycles. The SMILES string of the molecule is N#Cc1ccc(-c2ccc(Cl)cc2CNC2CC2)s1. The molecular weight excluding hydrogens is 276 g/mol. The summed E-state index contributed by atoms with van der Waals surface area (Å²) in [5, 5.41) is 13.2. The first kappa shape index (κ1) is 12.7. The molecule has 1 saturated carbocycles. The molecule has 1 aliphatic rings. The van der Waals surface area contributed by atoms with Gasteiger partial charge in [-0.15, -0.1) is 11.3 Å². The first-order chi connectivity index (χ1) is 9.26. The molecule has 0 spiro atoms. The van der Waals surface area contributed by atoms with Crippen molar-refractivity contribution in [1.82, 2.24) is 5.32 Å². The summed E-state index contributed by atoms with van der Waals surface area (Å²) >= 11 is 7.61. The van der Waals surface area contributed by atoms with Crippen LogP contribution in [0.15, 0.2) is 30.3 Å². The van der Waals surface area contributed by atoms with Crippen LogP contribution in [0.4, 0.5) is 0 Å². The molecule has 0 bridgehead atoms. The number of rotatable bonds is 4. The second-order valence-electron chi connectivity index (χ2n) is 4.73. The Hall–Kier alpha value is -1.34. The lowest BCUT2D eigenvalue weighted by Gasteiger charge is -2.09. The lowest BCUT2D eigenvalue weighted by atomic mass is 10.1. The van der Waals surface area contributed by atoms with Crippen LogP contribution in [0.25, 0.3) is 10.4 Å². The minimum atomic E-state index is 0.671. The number of nitriles is 1. The van der Waals surface area contributed by atoms with Crippen LogP contribution in [0.2, 0.25) is 5.02 Å². The van der Waals surface area contributed by atoms with Gasteiger partial charge in [0.25, 0.3) is 0 Å². The summed E-state index contributed by atoms with van der Waals surface area (Å²) in [5.41, 5.74) is 2.37. The van der Waals surface area contributed by atoms with Gasteiger partial charge in [-0.05, 0) is 48.2 Å². The number of thiophene rings is 1. The van der Waals surface area contributed by atoms with Crippen molar-refractivity contribution in [2.75, 3.05) is 0 Å². The highest BCUT2D eigenvalue weighted by atomic mass is 35.5. The number of hydrogen-bond acceptors (Lipinski definition) is 3. The number of benzene rings is 1. The van der Waals surface area contributed by atoms with E-state index in [0.29, 0.717) is 6.04 Å². The summed E-state index contributed by atoms with van der Waals surface area (Å²) in [7, 11) is 0. The maximum atomic E-state index is 8.92. The molecule has 1 aliphatic carbocycles. The molecule has 1 fully saturated rings. The predicted octanol–water partition coefficient (Wildman–Crippen LogP) is 4.19. The number of nitrogens with zero attached hydrogens (tertiary/aromatic N) is 1. The van der Waals surface area contributed by atoms with Gasteiger partial charge < -0.3 is 5.32 Å². The van der Waals surface area contributed by atoms with E-state index in [2.05, 4.69) is 11.4 Å². The van der Waals surface area contributed by atoms with Gasteiger partial charge in [0.1, 0.15) is 10.9 Å². The Balaban J connectivity index is 1.91. The molecule has 2 nitrogen and oxygen atoms in total. The Bertz CT molecular complexity index is 638. The average Bonchev–Trinajstić information content (AvgIpc) is 3.13. The standard InChI is InChI=1S/C15H13ClN2S/c16-11-1-5-14(15-6-4-13(8-17)19-15)10(7-11)9-18-12-2-3-12/h1,4-7,12,18H,2-3,9H2. The van der Waals surface area contributed by atoms with Gasteiger partial charge in [0.15, 0.2) is 0 Å². The molecule has 1 aromatic carbocycles. The van der Waals surface area contributed by atoms with Gasteiger partial charge in [0.2, 0.25) is 0 Å². The highest BCUT2D eigenvalue weighted by Crippen LogP contribution is 2.32. The molecule has 19 heavy (non-hydrogen) atoms. The molecule has 1 heterocycles. The van der Waals surface area contributed by atoms with E-state index >= 15 is 0 Å². The van der Waals surface area contributed by atoms with Crippen LogP contribution >= 0.6 is 22.9 Å². The molecule has 0 aliphatic heterocycles. The molecule has 0 radical (unpaired) electrons. The molecule has 0 unspecified atom stereocenters. The van der Waals surface area contributed by atoms with Gasteiger partial charge in [-0.25, -0.2) is 0 Å². The fourth-order valence-corrected chi connectivity index (χ4v) is 3.09. The van der Waals surface area contributed by atoms with E-state index in [4.69, 9.17) is 16.9 Å². The average molecular weight is 289 g/mol. The van der Waals surface area contributed by atoms with E-state index in [1.165, 1.54) is 35.3 Å². The van der Waals surface area contributed by atoms with Crippen molar-refractivity contribution in [1.29, 1.82) is 5.26 Å². The molecule has 0 atom stereocenters. The molecule has 0 amide bonds. The van der Waals surface area contributed by atoms with Crippen LogP contribution in [0.1, 0.15) is 23.3 Å². The first-order valence-corrected chi connectivity index (χ1v) is 7.48. The molecule has 3 rings (SSSR count). The quantitative estimate of drug-likeness (QED) is 0.915. The van der Waals surface area contributed by atoms with Gasteiger partial charge >= 0.3 is 0 Å². The Morgan fingerprint density at radius 1 is 1.32 bits per heavy atom. The zero-order valence-corrected chi connectivity index (χ0v) is 11.9. The minimum Gasteiger partial charge on any atom is -0.310 e. The molecular formula is C15H13ClN2S. The molecule has 1 aromatic heterocycles. The third kappa shape index (κ3) is 2.98. The summed E-state index contributed by atoms with van der Waals surface area (Å²) in [6, 6.07) is 12.7. The van der Waals surface area contributed by atoms with Crippen molar-refractivity contribution in [3.05, 3.63) is 45.8 Å². The van der Waals surface area contributed by atoms with Gasteiger partial charge in [-0.1, -0.05) is 17.7 Å². The van der Waals surface area contributed by atoms with Crippen LogP contribution in [-0.2, 0) is 6.54 Å². The monoisotopic (exact) mass is 288 g/mol. The zero-order valence-electron chi connectivity index (χ0n) is 10.3. The highest BCUT2D eigenvalue weighted by molar-refractivity contribution is 7.16. The number of hydrogen-bond donors (Lipinski definition) is 1. The first-order valence-electron chi connectivity index (χ1n) is 6.28. The number of halogens is 1. The van der Waals surface area contributed by atoms with E-state index in [9.17, 15) is 0 Å². The fraction of sp³-hybridized carbons (Fsp3) is 0.267. The number of nitrogens with one attached hydrogen (secondary N) is 1. The largest absolute Gasteiger partial charge is 0.310 e. The molecule has 96 valence electrons. The summed E-state index contributed by atoms with van der Waals surface area (Å²) in [6.45, 7) is 0.834. The summed E-state index contributed by atoms with van der Waals surface area (Å²) in [6.07, 6.45) is 2.54. The van der Waals surface area contributed by atoms with Crippen molar-refractivity contribution in [3.63, 3.8) is 0 Å². The normalized spacial score (nSPS) is 14.3.